The van der Waals surface area contributed by atoms with Crippen LogP contribution < -0.4 is 10.2 Å². The van der Waals surface area contributed by atoms with Crippen molar-refractivity contribution >= 4 is 27.9 Å². The Kier molecular flexibility index (Phi) is 3.84. The van der Waals surface area contributed by atoms with E-state index in [1.54, 1.807) is 42.5 Å². The number of furan rings is 2. The number of ether oxygens (including phenoxy) is 1. The second-order valence-electron chi connectivity index (χ2n) is 6.60. The van der Waals surface area contributed by atoms with Crippen LogP contribution in [0.4, 0.5) is 0 Å². The van der Waals surface area contributed by atoms with Gasteiger partial charge in [0.15, 0.2) is 5.76 Å². The first kappa shape index (κ1) is 17.1. The van der Waals surface area contributed by atoms with E-state index in [2.05, 4.69) is 0 Å². The summed E-state index contributed by atoms with van der Waals surface area (Å²) in [6.07, 6.45) is 1.44. The Morgan fingerprint density at radius 1 is 0.931 bits per heavy atom. The van der Waals surface area contributed by atoms with Crippen LogP contribution in [0.5, 0.6) is 5.75 Å². The normalized spacial score (nSPS) is 11.2. The van der Waals surface area contributed by atoms with E-state index in [1.807, 2.05) is 25.1 Å². The summed E-state index contributed by atoms with van der Waals surface area (Å²) in [4.78, 5) is 25.9. The Hall–Kier alpha value is -4.06. The lowest BCUT2D eigenvalue weighted by molar-refractivity contribution is 0.0700. The van der Waals surface area contributed by atoms with Crippen LogP contribution in [-0.2, 0) is 0 Å². The Balaban J connectivity index is 1.66. The Morgan fingerprint density at radius 3 is 2.59 bits per heavy atom. The van der Waals surface area contributed by atoms with Gasteiger partial charge in [0.2, 0.25) is 22.7 Å². The van der Waals surface area contributed by atoms with Gasteiger partial charge in [0.1, 0.15) is 11.2 Å². The van der Waals surface area contributed by atoms with Crippen LogP contribution in [0.15, 0.2) is 85.0 Å². The van der Waals surface area contributed by atoms with Gasteiger partial charge in [0, 0.05) is 5.39 Å². The monoisotopic (exact) mass is 386 g/mol. The molecule has 0 N–H and O–H groups in total. The summed E-state index contributed by atoms with van der Waals surface area (Å²) in [5.41, 5.74) is 1.33. The predicted molar refractivity (Wildman–Crippen MR) is 106 cm³/mol. The predicted octanol–water partition coefficient (Wildman–Crippen LogP) is 5.33. The van der Waals surface area contributed by atoms with Crippen LogP contribution in [0.1, 0.15) is 16.1 Å². The molecule has 5 aromatic rings. The zero-order chi connectivity index (χ0) is 20.0. The molecule has 3 aromatic heterocycles. The number of hydrogen-bond acceptors (Lipinski definition) is 6. The van der Waals surface area contributed by atoms with Crippen molar-refractivity contribution < 1.29 is 22.8 Å². The Labute approximate surface area is 163 Å². The molecule has 0 amide bonds. The van der Waals surface area contributed by atoms with E-state index in [4.69, 9.17) is 18.0 Å². The molecular formula is C23H14O6. The van der Waals surface area contributed by atoms with E-state index in [1.165, 1.54) is 6.26 Å². The van der Waals surface area contributed by atoms with Crippen LogP contribution in [-0.4, -0.2) is 5.97 Å². The highest BCUT2D eigenvalue weighted by Crippen LogP contribution is 2.32. The molecule has 29 heavy (non-hydrogen) atoms. The first-order valence-corrected chi connectivity index (χ1v) is 8.92. The molecule has 0 aliphatic carbocycles. The molecule has 5 rings (SSSR count). The average Bonchev–Trinajstić information content (AvgIpc) is 3.40. The fourth-order valence-corrected chi connectivity index (χ4v) is 3.18. The molecule has 2 aromatic carbocycles. The molecule has 6 heteroatoms. The molecule has 142 valence electrons. The van der Waals surface area contributed by atoms with Crippen molar-refractivity contribution in [3.05, 3.63) is 88.5 Å². The summed E-state index contributed by atoms with van der Waals surface area (Å²) in [6.45, 7) is 1.86. The van der Waals surface area contributed by atoms with E-state index in [9.17, 15) is 9.59 Å². The number of hydrogen-bond donors (Lipinski definition) is 0. The lowest BCUT2D eigenvalue weighted by Gasteiger charge is -2.08. The van der Waals surface area contributed by atoms with E-state index in [-0.39, 0.29) is 23.0 Å². The number of fused-ring (bicyclic) bond motifs is 2. The Morgan fingerprint density at radius 2 is 1.79 bits per heavy atom. The zero-order valence-electron chi connectivity index (χ0n) is 15.3. The molecule has 0 saturated heterocycles. The molecule has 6 nitrogen and oxygen atoms in total. The highest BCUT2D eigenvalue weighted by molar-refractivity contribution is 5.94. The van der Waals surface area contributed by atoms with Gasteiger partial charge in [-0.15, -0.1) is 0 Å². The van der Waals surface area contributed by atoms with E-state index in [0.717, 1.165) is 10.9 Å². The first-order chi connectivity index (χ1) is 14.1. The minimum atomic E-state index is -0.798. The summed E-state index contributed by atoms with van der Waals surface area (Å²) < 4.78 is 22.3. The van der Waals surface area contributed by atoms with Gasteiger partial charge in [-0.3, -0.25) is 4.79 Å². The lowest BCUT2D eigenvalue weighted by Crippen LogP contribution is -2.15. The molecule has 0 spiro atoms. The van der Waals surface area contributed by atoms with Crippen LogP contribution in [0.3, 0.4) is 0 Å². The topological polar surface area (TPSA) is 82.8 Å². The third-order valence-electron chi connectivity index (χ3n) is 4.57. The molecule has 0 radical (unpaired) electrons. The van der Waals surface area contributed by atoms with Gasteiger partial charge in [-0.25, -0.2) is 4.79 Å². The SMILES string of the molecule is Cc1ccc2oc(-c3ccco3)c(OC(=O)c3cc4ccccc4o3)c(=O)c2c1. The van der Waals surface area contributed by atoms with Crippen molar-refractivity contribution in [1.29, 1.82) is 0 Å². The fraction of sp³-hybridized carbons (Fsp3) is 0.0435. The highest BCUT2D eigenvalue weighted by Gasteiger charge is 2.24. The lowest BCUT2D eigenvalue weighted by atomic mass is 10.1. The number of benzene rings is 2. The van der Waals surface area contributed by atoms with Crippen molar-refractivity contribution in [2.75, 3.05) is 0 Å². The molecule has 0 aliphatic heterocycles. The van der Waals surface area contributed by atoms with Gasteiger partial charge < -0.3 is 18.0 Å². The number of carbonyl (C=O) groups excluding carboxylic acids is 1. The second kappa shape index (κ2) is 6.53. The largest absolute Gasteiger partial charge is 0.461 e. The molecule has 0 saturated carbocycles. The molecule has 0 atom stereocenters. The third kappa shape index (κ3) is 2.91. The van der Waals surface area contributed by atoms with Gasteiger partial charge in [-0.2, -0.15) is 0 Å². The van der Waals surface area contributed by atoms with Crippen molar-refractivity contribution in [3.8, 4) is 17.3 Å². The van der Waals surface area contributed by atoms with Crippen LogP contribution in [0.2, 0.25) is 0 Å². The number of esters is 1. The minimum absolute atomic E-state index is 0.0136. The minimum Gasteiger partial charge on any atom is -0.461 e. The zero-order valence-corrected chi connectivity index (χ0v) is 15.3. The van der Waals surface area contributed by atoms with Crippen LogP contribution in [0, 0.1) is 6.92 Å². The summed E-state index contributed by atoms with van der Waals surface area (Å²) in [5, 5.41) is 1.07. The molecule has 0 aliphatic rings. The van der Waals surface area contributed by atoms with Gasteiger partial charge in [-0.1, -0.05) is 29.8 Å². The maximum Gasteiger partial charge on any atom is 0.379 e. The Bertz CT molecular complexity index is 1390. The number of aryl methyl sites for hydroxylation is 1. The summed E-state index contributed by atoms with van der Waals surface area (Å²) in [5.74, 6) is -0.741. The number of carbonyl (C=O) groups is 1. The van der Waals surface area contributed by atoms with Gasteiger partial charge in [0.25, 0.3) is 0 Å². The molecule has 0 unspecified atom stereocenters. The third-order valence-corrected chi connectivity index (χ3v) is 4.57. The number of rotatable bonds is 3. The van der Waals surface area contributed by atoms with Gasteiger partial charge in [-0.05, 0) is 43.3 Å². The van der Waals surface area contributed by atoms with E-state index >= 15 is 0 Å². The number of para-hydroxylation sites is 1. The molecule has 0 fully saturated rings. The second-order valence-corrected chi connectivity index (χ2v) is 6.60. The van der Waals surface area contributed by atoms with Crippen LogP contribution in [0.25, 0.3) is 33.5 Å². The smallest absolute Gasteiger partial charge is 0.379 e. The van der Waals surface area contributed by atoms with E-state index < -0.39 is 11.4 Å². The summed E-state index contributed by atoms with van der Waals surface area (Å²) in [7, 11) is 0. The fourth-order valence-electron chi connectivity index (χ4n) is 3.18. The quantitative estimate of drug-likeness (QED) is 0.390. The maximum absolute atomic E-state index is 13.1. The van der Waals surface area contributed by atoms with E-state index in [0.29, 0.717) is 16.6 Å². The summed E-state index contributed by atoms with van der Waals surface area (Å²) >= 11 is 0. The van der Waals surface area contributed by atoms with Crippen molar-refractivity contribution in [2.45, 2.75) is 6.92 Å². The molecule has 0 bridgehead atoms. The molecular weight excluding hydrogens is 372 g/mol. The maximum atomic E-state index is 13.1. The van der Waals surface area contributed by atoms with Gasteiger partial charge in [0.05, 0.1) is 11.6 Å². The van der Waals surface area contributed by atoms with Crippen molar-refractivity contribution in [1.82, 2.24) is 0 Å². The van der Waals surface area contributed by atoms with Crippen molar-refractivity contribution in [2.24, 2.45) is 0 Å². The molecule has 3 heterocycles. The van der Waals surface area contributed by atoms with Crippen molar-refractivity contribution in [3.63, 3.8) is 0 Å². The summed E-state index contributed by atoms with van der Waals surface area (Å²) in [6, 6.07) is 17.3. The van der Waals surface area contributed by atoms with Gasteiger partial charge >= 0.3 is 5.97 Å². The first-order valence-electron chi connectivity index (χ1n) is 8.92. The standard InChI is InChI=1S/C23H14O6/c1-13-8-9-17-15(11-13)20(24)22(21(28-17)18-7-4-10-26-18)29-23(25)19-12-14-5-2-3-6-16(14)27-19/h2-12H,1H3. The highest BCUT2D eigenvalue weighted by atomic mass is 16.6. The van der Waals surface area contributed by atoms with Crippen LogP contribution >= 0.6 is 0 Å². The average molecular weight is 386 g/mol.